The highest BCUT2D eigenvalue weighted by atomic mass is 16.5. The number of methoxy groups -OCH3 is 1. The van der Waals surface area contributed by atoms with Crippen LogP contribution in [0.25, 0.3) is 21.7 Å². The van der Waals surface area contributed by atoms with Gasteiger partial charge in [-0.15, -0.1) is 0 Å². The zero-order chi connectivity index (χ0) is 18.6. The van der Waals surface area contributed by atoms with E-state index in [0.29, 0.717) is 6.61 Å². The fraction of sp³-hybridized carbons (Fsp3) is 0.130. The van der Waals surface area contributed by atoms with Crippen LogP contribution in [0.5, 0.6) is 5.75 Å². The Hall–Kier alpha value is -3.40. The molecule has 0 radical (unpaired) electrons. The molecular formula is C23H19NO3. The molecule has 0 N–H and O–H groups in total. The number of para-hydroxylation sites is 1. The maximum Gasteiger partial charge on any atom is 0.309 e. The lowest BCUT2D eigenvalue weighted by Crippen LogP contribution is -2.04. The van der Waals surface area contributed by atoms with Crippen molar-refractivity contribution in [2.75, 3.05) is 7.11 Å². The highest BCUT2D eigenvalue weighted by molar-refractivity contribution is 6.06. The van der Waals surface area contributed by atoms with Crippen LogP contribution in [0.4, 0.5) is 0 Å². The Kier molecular flexibility index (Phi) is 4.71. The summed E-state index contributed by atoms with van der Waals surface area (Å²) in [4.78, 5) is 16.1. The van der Waals surface area contributed by atoms with Gasteiger partial charge in [-0.25, -0.2) is 4.98 Å². The van der Waals surface area contributed by atoms with Crippen LogP contribution < -0.4 is 4.74 Å². The Morgan fingerprint density at radius 2 is 1.52 bits per heavy atom. The van der Waals surface area contributed by atoms with E-state index in [0.717, 1.165) is 33.3 Å². The number of benzene rings is 3. The van der Waals surface area contributed by atoms with Gasteiger partial charge < -0.3 is 9.47 Å². The van der Waals surface area contributed by atoms with Crippen molar-refractivity contribution < 1.29 is 14.3 Å². The molecule has 3 aromatic carbocycles. The molecule has 134 valence electrons. The molecule has 4 aromatic rings. The third-order valence-electron chi connectivity index (χ3n) is 4.56. The SMILES string of the molecule is COC(=O)Cc1ccc(OCc2nc3ccccc3c3ccccc23)cc1. The van der Waals surface area contributed by atoms with Gasteiger partial charge >= 0.3 is 5.97 Å². The summed E-state index contributed by atoms with van der Waals surface area (Å²) < 4.78 is 10.6. The van der Waals surface area contributed by atoms with Crippen LogP contribution in [0.15, 0.2) is 72.8 Å². The van der Waals surface area contributed by atoms with Crippen molar-refractivity contribution in [3.63, 3.8) is 0 Å². The van der Waals surface area contributed by atoms with Crippen LogP contribution in [0.1, 0.15) is 11.3 Å². The van der Waals surface area contributed by atoms with Crippen molar-refractivity contribution in [2.45, 2.75) is 13.0 Å². The molecule has 0 saturated carbocycles. The van der Waals surface area contributed by atoms with Gasteiger partial charge in [-0.1, -0.05) is 54.6 Å². The fourth-order valence-electron chi connectivity index (χ4n) is 3.18. The Balaban J connectivity index is 1.59. The minimum atomic E-state index is -0.254. The topological polar surface area (TPSA) is 48.4 Å². The molecule has 0 aliphatic heterocycles. The summed E-state index contributed by atoms with van der Waals surface area (Å²) >= 11 is 0. The minimum Gasteiger partial charge on any atom is -0.487 e. The summed E-state index contributed by atoms with van der Waals surface area (Å²) in [5.41, 5.74) is 2.76. The van der Waals surface area contributed by atoms with Gasteiger partial charge in [-0.3, -0.25) is 4.79 Å². The quantitative estimate of drug-likeness (QED) is 0.384. The molecule has 0 aliphatic carbocycles. The predicted octanol–water partition coefficient (Wildman–Crippen LogP) is 4.68. The second-order valence-electron chi connectivity index (χ2n) is 6.31. The number of nitrogens with zero attached hydrogens (tertiary/aromatic N) is 1. The summed E-state index contributed by atoms with van der Waals surface area (Å²) in [6.07, 6.45) is 0.258. The van der Waals surface area contributed by atoms with Gasteiger partial charge in [0, 0.05) is 10.8 Å². The van der Waals surface area contributed by atoms with E-state index in [2.05, 4.69) is 22.9 Å². The number of pyridine rings is 1. The van der Waals surface area contributed by atoms with E-state index in [9.17, 15) is 4.79 Å². The number of fused-ring (bicyclic) bond motifs is 3. The van der Waals surface area contributed by atoms with E-state index in [1.165, 1.54) is 12.5 Å². The average molecular weight is 357 g/mol. The zero-order valence-electron chi connectivity index (χ0n) is 15.0. The third-order valence-corrected chi connectivity index (χ3v) is 4.56. The van der Waals surface area contributed by atoms with Crippen LogP contribution in [0.2, 0.25) is 0 Å². The largest absolute Gasteiger partial charge is 0.487 e. The summed E-state index contributed by atoms with van der Waals surface area (Å²) in [6.45, 7) is 0.377. The number of hydrogen-bond acceptors (Lipinski definition) is 4. The molecule has 0 saturated heterocycles. The third kappa shape index (κ3) is 3.60. The number of hydrogen-bond donors (Lipinski definition) is 0. The smallest absolute Gasteiger partial charge is 0.309 e. The van der Waals surface area contributed by atoms with Crippen molar-refractivity contribution >= 4 is 27.6 Å². The van der Waals surface area contributed by atoms with Gasteiger partial charge in [0.15, 0.2) is 0 Å². The number of rotatable bonds is 5. The summed E-state index contributed by atoms with van der Waals surface area (Å²) in [7, 11) is 1.39. The molecule has 0 bridgehead atoms. The van der Waals surface area contributed by atoms with Crippen LogP contribution in [-0.4, -0.2) is 18.1 Å². The first-order valence-corrected chi connectivity index (χ1v) is 8.79. The van der Waals surface area contributed by atoms with Gasteiger partial charge in [0.1, 0.15) is 12.4 Å². The van der Waals surface area contributed by atoms with Crippen LogP contribution in [0.3, 0.4) is 0 Å². The minimum absolute atomic E-state index is 0.254. The molecule has 0 unspecified atom stereocenters. The molecule has 0 spiro atoms. The highest BCUT2D eigenvalue weighted by Crippen LogP contribution is 2.27. The van der Waals surface area contributed by atoms with Crippen LogP contribution >= 0.6 is 0 Å². The van der Waals surface area contributed by atoms with Gasteiger partial charge in [-0.05, 0) is 29.1 Å². The van der Waals surface area contributed by atoms with Crippen LogP contribution in [-0.2, 0) is 22.6 Å². The molecule has 4 heteroatoms. The van der Waals surface area contributed by atoms with Gasteiger partial charge in [0.25, 0.3) is 0 Å². The molecule has 0 amide bonds. The van der Waals surface area contributed by atoms with Crippen LogP contribution in [0, 0.1) is 0 Å². The average Bonchev–Trinajstić information content (AvgIpc) is 2.73. The molecule has 0 fully saturated rings. The molecule has 0 atom stereocenters. The Morgan fingerprint density at radius 3 is 2.26 bits per heavy atom. The molecule has 27 heavy (non-hydrogen) atoms. The Bertz CT molecular complexity index is 1100. The fourth-order valence-corrected chi connectivity index (χ4v) is 3.18. The number of esters is 1. The maximum atomic E-state index is 11.3. The van der Waals surface area contributed by atoms with Crippen molar-refractivity contribution in [3.05, 3.63) is 84.1 Å². The molecule has 4 rings (SSSR count). The van der Waals surface area contributed by atoms with Gasteiger partial charge in [-0.2, -0.15) is 0 Å². The molecule has 1 aromatic heterocycles. The number of carbonyl (C=O) groups excluding carboxylic acids is 1. The first kappa shape index (κ1) is 17.0. The van der Waals surface area contributed by atoms with Crippen molar-refractivity contribution in [2.24, 2.45) is 0 Å². The Labute approximate surface area is 157 Å². The van der Waals surface area contributed by atoms with Crippen molar-refractivity contribution in [3.8, 4) is 5.75 Å². The molecular weight excluding hydrogens is 338 g/mol. The summed E-state index contributed by atoms with van der Waals surface area (Å²) in [5, 5.41) is 3.41. The second kappa shape index (κ2) is 7.46. The van der Waals surface area contributed by atoms with Crippen molar-refractivity contribution in [1.29, 1.82) is 0 Å². The van der Waals surface area contributed by atoms with E-state index < -0.39 is 0 Å². The van der Waals surface area contributed by atoms with E-state index in [4.69, 9.17) is 9.72 Å². The molecule has 1 heterocycles. The highest BCUT2D eigenvalue weighted by Gasteiger charge is 2.09. The van der Waals surface area contributed by atoms with Gasteiger partial charge in [0.2, 0.25) is 0 Å². The van der Waals surface area contributed by atoms with E-state index in [-0.39, 0.29) is 12.4 Å². The molecule has 4 nitrogen and oxygen atoms in total. The lowest BCUT2D eigenvalue weighted by atomic mass is 10.0. The normalized spacial score (nSPS) is 10.9. The lowest BCUT2D eigenvalue weighted by molar-refractivity contribution is -0.139. The van der Waals surface area contributed by atoms with E-state index in [1.54, 1.807) is 0 Å². The van der Waals surface area contributed by atoms with Crippen molar-refractivity contribution in [1.82, 2.24) is 4.98 Å². The first-order valence-electron chi connectivity index (χ1n) is 8.79. The summed E-state index contributed by atoms with van der Waals surface area (Å²) in [6, 6.07) is 23.9. The Morgan fingerprint density at radius 1 is 0.852 bits per heavy atom. The van der Waals surface area contributed by atoms with E-state index >= 15 is 0 Å². The maximum absolute atomic E-state index is 11.3. The van der Waals surface area contributed by atoms with E-state index in [1.807, 2.05) is 54.6 Å². The predicted molar refractivity (Wildman–Crippen MR) is 106 cm³/mol. The number of carbonyl (C=O) groups is 1. The number of aromatic nitrogens is 1. The lowest BCUT2D eigenvalue weighted by Gasteiger charge is -2.11. The summed E-state index contributed by atoms with van der Waals surface area (Å²) in [5.74, 6) is 0.484. The monoisotopic (exact) mass is 357 g/mol. The zero-order valence-corrected chi connectivity index (χ0v) is 15.0. The number of ether oxygens (including phenoxy) is 2. The second-order valence-corrected chi connectivity index (χ2v) is 6.31. The molecule has 0 aliphatic rings. The first-order chi connectivity index (χ1) is 13.2. The van der Waals surface area contributed by atoms with Gasteiger partial charge in [0.05, 0.1) is 24.7 Å². The standard InChI is InChI=1S/C23H19NO3/c1-26-23(25)14-16-10-12-17(13-11-16)27-15-22-20-8-3-2-6-18(20)19-7-4-5-9-21(19)24-22/h2-13H,14-15H2,1H3.